The summed E-state index contributed by atoms with van der Waals surface area (Å²) in [7, 11) is 1.41. The molecule has 1 aromatic rings. The standard InChI is InChI=1S/C17H26N2O2/c1-3-11-19(16-5-4-10-18-12-16)13-14-6-8-15(9-7-14)17(20)21-2/h6-9,16,18H,3-5,10-13H2,1-2H3. The molecule has 0 amide bonds. The first kappa shape index (κ1) is 16.0. The number of nitrogens with zero attached hydrogens (tertiary/aromatic N) is 1. The van der Waals surface area contributed by atoms with Crippen molar-refractivity contribution in [2.24, 2.45) is 0 Å². The Bertz CT molecular complexity index is 439. The Morgan fingerprint density at radius 1 is 1.38 bits per heavy atom. The lowest BCUT2D eigenvalue weighted by Crippen LogP contribution is -2.45. The number of esters is 1. The first-order valence-electron chi connectivity index (χ1n) is 7.86. The SMILES string of the molecule is CCCN(Cc1ccc(C(=O)OC)cc1)C1CCCNC1. The van der Waals surface area contributed by atoms with Crippen LogP contribution >= 0.6 is 0 Å². The Morgan fingerprint density at radius 3 is 2.71 bits per heavy atom. The first-order valence-corrected chi connectivity index (χ1v) is 7.86. The molecule has 0 aliphatic carbocycles. The van der Waals surface area contributed by atoms with E-state index in [1.54, 1.807) is 0 Å². The Morgan fingerprint density at radius 2 is 2.14 bits per heavy atom. The summed E-state index contributed by atoms with van der Waals surface area (Å²) >= 11 is 0. The minimum absolute atomic E-state index is 0.275. The molecule has 1 unspecified atom stereocenters. The molecule has 0 bridgehead atoms. The van der Waals surface area contributed by atoms with Crippen LogP contribution in [-0.2, 0) is 11.3 Å². The van der Waals surface area contributed by atoms with Gasteiger partial charge in [0, 0.05) is 19.1 Å². The van der Waals surface area contributed by atoms with Gasteiger partial charge >= 0.3 is 5.97 Å². The quantitative estimate of drug-likeness (QED) is 0.817. The normalized spacial score (nSPS) is 18.7. The molecular formula is C17H26N2O2. The van der Waals surface area contributed by atoms with E-state index >= 15 is 0 Å². The van der Waals surface area contributed by atoms with E-state index in [0.29, 0.717) is 11.6 Å². The molecule has 1 aliphatic heterocycles. The van der Waals surface area contributed by atoms with Gasteiger partial charge in [-0.25, -0.2) is 4.79 Å². The van der Waals surface area contributed by atoms with Crippen molar-refractivity contribution in [3.8, 4) is 0 Å². The summed E-state index contributed by atoms with van der Waals surface area (Å²) in [4.78, 5) is 14.0. The summed E-state index contributed by atoms with van der Waals surface area (Å²) in [5.74, 6) is -0.275. The molecule has 1 atom stereocenters. The zero-order valence-corrected chi connectivity index (χ0v) is 13.1. The van der Waals surface area contributed by atoms with Crippen LogP contribution in [0.3, 0.4) is 0 Å². The summed E-state index contributed by atoms with van der Waals surface area (Å²) in [6.07, 6.45) is 3.69. The van der Waals surface area contributed by atoms with Crippen molar-refractivity contribution >= 4 is 5.97 Å². The van der Waals surface area contributed by atoms with E-state index in [0.717, 1.165) is 32.6 Å². The highest BCUT2D eigenvalue weighted by molar-refractivity contribution is 5.89. The van der Waals surface area contributed by atoms with Gasteiger partial charge in [-0.3, -0.25) is 4.90 Å². The van der Waals surface area contributed by atoms with Gasteiger partial charge in [-0.1, -0.05) is 19.1 Å². The van der Waals surface area contributed by atoms with E-state index in [9.17, 15) is 4.79 Å². The van der Waals surface area contributed by atoms with Crippen LogP contribution in [0.15, 0.2) is 24.3 Å². The Hall–Kier alpha value is -1.39. The monoisotopic (exact) mass is 290 g/mol. The fraction of sp³-hybridized carbons (Fsp3) is 0.588. The number of carbonyl (C=O) groups excluding carboxylic acids is 1. The average Bonchev–Trinajstić information content (AvgIpc) is 2.55. The summed E-state index contributed by atoms with van der Waals surface area (Å²) < 4.78 is 4.73. The molecule has 0 saturated carbocycles. The molecule has 2 rings (SSSR count). The van der Waals surface area contributed by atoms with Crippen LogP contribution in [0.5, 0.6) is 0 Å². The first-order chi connectivity index (χ1) is 10.2. The molecule has 116 valence electrons. The van der Waals surface area contributed by atoms with Gasteiger partial charge in [-0.2, -0.15) is 0 Å². The molecule has 0 aromatic heterocycles. The Kier molecular flexibility index (Phi) is 6.21. The number of methoxy groups -OCH3 is 1. The van der Waals surface area contributed by atoms with Gasteiger partial charge in [0.2, 0.25) is 0 Å². The van der Waals surface area contributed by atoms with Gasteiger partial charge in [-0.05, 0) is 50.0 Å². The van der Waals surface area contributed by atoms with Crippen molar-refractivity contribution in [2.45, 2.75) is 38.8 Å². The maximum absolute atomic E-state index is 11.5. The lowest BCUT2D eigenvalue weighted by Gasteiger charge is -2.34. The molecule has 4 nitrogen and oxygen atoms in total. The fourth-order valence-electron chi connectivity index (χ4n) is 2.92. The van der Waals surface area contributed by atoms with Crippen LogP contribution in [0.1, 0.15) is 42.1 Å². The lowest BCUT2D eigenvalue weighted by molar-refractivity contribution is 0.0600. The fourth-order valence-corrected chi connectivity index (χ4v) is 2.92. The number of rotatable bonds is 6. The summed E-state index contributed by atoms with van der Waals surface area (Å²) in [6.45, 7) is 6.51. The lowest BCUT2D eigenvalue weighted by atomic mass is 10.0. The van der Waals surface area contributed by atoms with Gasteiger partial charge in [0.15, 0.2) is 0 Å². The van der Waals surface area contributed by atoms with Crippen LogP contribution < -0.4 is 5.32 Å². The molecule has 1 N–H and O–H groups in total. The largest absolute Gasteiger partial charge is 0.465 e. The van der Waals surface area contributed by atoms with E-state index in [2.05, 4.69) is 17.1 Å². The highest BCUT2D eigenvalue weighted by Crippen LogP contribution is 2.15. The molecule has 0 spiro atoms. The predicted octanol–water partition coefficient (Wildman–Crippen LogP) is 2.44. The number of hydrogen-bond donors (Lipinski definition) is 1. The van der Waals surface area contributed by atoms with E-state index in [1.165, 1.54) is 25.5 Å². The third kappa shape index (κ3) is 4.55. The van der Waals surface area contributed by atoms with E-state index in [4.69, 9.17) is 4.74 Å². The topological polar surface area (TPSA) is 41.6 Å². The highest BCUT2D eigenvalue weighted by Gasteiger charge is 2.20. The van der Waals surface area contributed by atoms with Gasteiger partial charge in [0.05, 0.1) is 12.7 Å². The second-order valence-electron chi connectivity index (χ2n) is 5.66. The number of benzene rings is 1. The maximum atomic E-state index is 11.5. The molecule has 1 aliphatic rings. The summed E-state index contributed by atoms with van der Waals surface area (Å²) in [5.41, 5.74) is 1.87. The Balaban J connectivity index is 2.00. The molecule has 1 heterocycles. The third-order valence-electron chi connectivity index (χ3n) is 4.06. The number of ether oxygens (including phenoxy) is 1. The van der Waals surface area contributed by atoms with Crippen LogP contribution in [-0.4, -0.2) is 43.7 Å². The second-order valence-corrected chi connectivity index (χ2v) is 5.66. The van der Waals surface area contributed by atoms with Crippen molar-refractivity contribution in [2.75, 3.05) is 26.7 Å². The summed E-state index contributed by atoms with van der Waals surface area (Å²) in [6, 6.07) is 8.39. The van der Waals surface area contributed by atoms with Crippen LogP contribution in [0.2, 0.25) is 0 Å². The predicted molar refractivity (Wildman–Crippen MR) is 84.4 cm³/mol. The zero-order valence-electron chi connectivity index (χ0n) is 13.1. The maximum Gasteiger partial charge on any atom is 0.337 e. The molecule has 1 saturated heterocycles. The number of carbonyl (C=O) groups is 1. The smallest absolute Gasteiger partial charge is 0.337 e. The van der Waals surface area contributed by atoms with Crippen molar-refractivity contribution in [3.63, 3.8) is 0 Å². The average molecular weight is 290 g/mol. The molecule has 1 fully saturated rings. The van der Waals surface area contributed by atoms with Gasteiger partial charge in [0.1, 0.15) is 0 Å². The molecule has 21 heavy (non-hydrogen) atoms. The van der Waals surface area contributed by atoms with Crippen LogP contribution in [0, 0.1) is 0 Å². The van der Waals surface area contributed by atoms with Crippen LogP contribution in [0.4, 0.5) is 0 Å². The van der Waals surface area contributed by atoms with Gasteiger partial charge in [0.25, 0.3) is 0 Å². The number of piperidine rings is 1. The third-order valence-corrected chi connectivity index (χ3v) is 4.06. The molecule has 4 heteroatoms. The summed E-state index contributed by atoms with van der Waals surface area (Å²) in [5, 5.41) is 3.49. The van der Waals surface area contributed by atoms with Crippen LogP contribution in [0.25, 0.3) is 0 Å². The van der Waals surface area contributed by atoms with E-state index < -0.39 is 0 Å². The van der Waals surface area contributed by atoms with Gasteiger partial charge < -0.3 is 10.1 Å². The van der Waals surface area contributed by atoms with Gasteiger partial charge in [-0.15, -0.1) is 0 Å². The van der Waals surface area contributed by atoms with E-state index in [1.807, 2.05) is 24.3 Å². The van der Waals surface area contributed by atoms with Crippen molar-refractivity contribution in [1.82, 2.24) is 10.2 Å². The number of hydrogen-bond acceptors (Lipinski definition) is 4. The molecular weight excluding hydrogens is 264 g/mol. The minimum Gasteiger partial charge on any atom is -0.465 e. The van der Waals surface area contributed by atoms with Crippen molar-refractivity contribution in [1.29, 1.82) is 0 Å². The Labute approximate surface area is 127 Å². The highest BCUT2D eigenvalue weighted by atomic mass is 16.5. The zero-order chi connectivity index (χ0) is 15.1. The second kappa shape index (κ2) is 8.15. The van der Waals surface area contributed by atoms with Crippen molar-refractivity contribution in [3.05, 3.63) is 35.4 Å². The minimum atomic E-state index is -0.275. The van der Waals surface area contributed by atoms with E-state index in [-0.39, 0.29) is 5.97 Å². The van der Waals surface area contributed by atoms with Crippen molar-refractivity contribution < 1.29 is 9.53 Å². The number of nitrogens with one attached hydrogen (secondary N) is 1. The molecule has 0 radical (unpaired) electrons. The molecule has 1 aromatic carbocycles.